The number of anilines is 1. The van der Waals surface area contributed by atoms with Crippen molar-refractivity contribution in [2.24, 2.45) is 0 Å². The van der Waals surface area contributed by atoms with E-state index in [9.17, 15) is 0 Å². The first-order valence-electron chi connectivity index (χ1n) is 4.92. The van der Waals surface area contributed by atoms with Crippen LogP contribution in [-0.4, -0.2) is 16.5 Å². The zero-order valence-corrected chi connectivity index (χ0v) is 9.64. The molecule has 0 fully saturated rings. The molecule has 0 atom stereocenters. The van der Waals surface area contributed by atoms with Crippen molar-refractivity contribution in [2.75, 3.05) is 11.9 Å². The van der Waals surface area contributed by atoms with Crippen LogP contribution in [0.5, 0.6) is 0 Å². The Morgan fingerprint density at radius 2 is 2.13 bits per heavy atom. The average molecular weight is 219 g/mol. The number of hydrogen-bond acceptors (Lipinski definition) is 4. The van der Waals surface area contributed by atoms with Gasteiger partial charge in [0.1, 0.15) is 5.69 Å². The van der Waals surface area contributed by atoms with E-state index in [4.69, 9.17) is 0 Å². The van der Waals surface area contributed by atoms with Crippen LogP contribution >= 0.6 is 11.3 Å². The fourth-order valence-electron chi connectivity index (χ4n) is 1.46. The Morgan fingerprint density at radius 1 is 1.33 bits per heavy atom. The van der Waals surface area contributed by atoms with E-state index >= 15 is 0 Å². The number of rotatable bonds is 3. The van der Waals surface area contributed by atoms with E-state index in [0.29, 0.717) is 0 Å². The monoisotopic (exact) mass is 219 g/mol. The summed E-state index contributed by atoms with van der Waals surface area (Å²) in [7, 11) is 0. The molecule has 0 unspecified atom stereocenters. The quantitative estimate of drug-likeness (QED) is 0.862. The number of thiophene rings is 1. The highest BCUT2D eigenvalue weighted by Gasteiger charge is 2.09. The van der Waals surface area contributed by atoms with Crippen LogP contribution in [0.1, 0.15) is 11.8 Å². The van der Waals surface area contributed by atoms with Crippen molar-refractivity contribution in [1.82, 2.24) is 9.97 Å². The molecular weight excluding hydrogens is 206 g/mol. The number of nitrogens with zero attached hydrogens (tertiary/aromatic N) is 2. The van der Waals surface area contributed by atoms with Crippen LogP contribution < -0.4 is 5.32 Å². The van der Waals surface area contributed by atoms with Gasteiger partial charge in [-0.1, -0.05) is 0 Å². The Morgan fingerprint density at radius 3 is 2.80 bits per heavy atom. The van der Waals surface area contributed by atoms with Gasteiger partial charge in [0.15, 0.2) is 5.82 Å². The highest BCUT2D eigenvalue weighted by Crippen LogP contribution is 2.29. The SMILES string of the molecule is CCNc1nccnc1-c1ccsc1C. The molecule has 0 bridgehead atoms. The number of hydrogen-bond donors (Lipinski definition) is 1. The molecule has 0 spiro atoms. The molecule has 0 aliphatic rings. The average Bonchev–Trinajstić information content (AvgIpc) is 2.66. The first kappa shape index (κ1) is 10.1. The molecule has 2 aromatic heterocycles. The highest BCUT2D eigenvalue weighted by atomic mass is 32.1. The van der Waals surface area contributed by atoms with Gasteiger partial charge in [0.05, 0.1) is 0 Å². The summed E-state index contributed by atoms with van der Waals surface area (Å²) in [4.78, 5) is 9.95. The molecule has 1 N–H and O–H groups in total. The van der Waals surface area contributed by atoms with Gasteiger partial charge in [-0.25, -0.2) is 4.98 Å². The molecule has 2 aromatic rings. The Kier molecular flexibility index (Phi) is 2.97. The molecule has 0 aliphatic heterocycles. The molecular formula is C11H13N3S. The minimum atomic E-state index is 0.856. The van der Waals surface area contributed by atoms with Gasteiger partial charge in [-0.15, -0.1) is 11.3 Å². The second kappa shape index (κ2) is 4.40. The molecule has 0 saturated heterocycles. The molecule has 4 heteroatoms. The van der Waals surface area contributed by atoms with Crippen LogP contribution in [0.3, 0.4) is 0 Å². The summed E-state index contributed by atoms with van der Waals surface area (Å²) in [5.41, 5.74) is 2.11. The molecule has 0 amide bonds. The summed E-state index contributed by atoms with van der Waals surface area (Å²) in [6, 6.07) is 2.09. The van der Waals surface area contributed by atoms with Crippen LogP contribution in [0.15, 0.2) is 23.8 Å². The molecule has 0 radical (unpaired) electrons. The van der Waals surface area contributed by atoms with E-state index < -0.39 is 0 Å². The van der Waals surface area contributed by atoms with Crippen molar-refractivity contribution in [1.29, 1.82) is 0 Å². The molecule has 0 saturated carbocycles. The zero-order chi connectivity index (χ0) is 10.7. The number of aromatic nitrogens is 2. The molecule has 2 rings (SSSR count). The maximum Gasteiger partial charge on any atom is 0.152 e. The molecule has 15 heavy (non-hydrogen) atoms. The summed E-state index contributed by atoms with van der Waals surface area (Å²) >= 11 is 1.73. The topological polar surface area (TPSA) is 37.8 Å². The minimum absolute atomic E-state index is 0.856. The third kappa shape index (κ3) is 1.99. The van der Waals surface area contributed by atoms with Gasteiger partial charge in [-0.2, -0.15) is 0 Å². The van der Waals surface area contributed by atoms with Crippen LogP contribution in [-0.2, 0) is 0 Å². The van der Waals surface area contributed by atoms with Gasteiger partial charge in [0.2, 0.25) is 0 Å². The molecule has 78 valence electrons. The van der Waals surface area contributed by atoms with E-state index in [-0.39, 0.29) is 0 Å². The van der Waals surface area contributed by atoms with Gasteiger partial charge in [-0.3, -0.25) is 4.98 Å². The predicted molar refractivity (Wildman–Crippen MR) is 64.2 cm³/mol. The Balaban J connectivity index is 2.48. The van der Waals surface area contributed by atoms with E-state index in [1.54, 1.807) is 23.7 Å². The molecule has 3 nitrogen and oxygen atoms in total. The number of aryl methyl sites for hydroxylation is 1. The van der Waals surface area contributed by atoms with E-state index in [2.05, 4.69) is 40.6 Å². The Labute approximate surface area is 93.2 Å². The number of nitrogens with one attached hydrogen (secondary N) is 1. The van der Waals surface area contributed by atoms with E-state index in [1.807, 2.05) is 0 Å². The first-order valence-corrected chi connectivity index (χ1v) is 5.80. The summed E-state index contributed by atoms with van der Waals surface area (Å²) in [6.45, 7) is 5.01. The predicted octanol–water partition coefficient (Wildman–Crippen LogP) is 2.95. The summed E-state index contributed by atoms with van der Waals surface area (Å²) in [6.07, 6.45) is 3.44. The highest BCUT2D eigenvalue weighted by molar-refractivity contribution is 7.10. The normalized spacial score (nSPS) is 10.3. The molecule has 0 aliphatic carbocycles. The van der Waals surface area contributed by atoms with Gasteiger partial charge in [0.25, 0.3) is 0 Å². The fourth-order valence-corrected chi connectivity index (χ4v) is 2.16. The van der Waals surface area contributed by atoms with Crippen molar-refractivity contribution in [3.63, 3.8) is 0 Å². The summed E-state index contributed by atoms with van der Waals surface area (Å²) in [5, 5.41) is 5.30. The lowest BCUT2D eigenvalue weighted by Gasteiger charge is -2.07. The lowest BCUT2D eigenvalue weighted by molar-refractivity contribution is 1.12. The van der Waals surface area contributed by atoms with Crippen LogP contribution in [0.25, 0.3) is 11.3 Å². The van der Waals surface area contributed by atoms with Gasteiger partial charge < -0.3 is 5.32 Å². The van der Waals surface area contributed by atoms with E-state index in [1.165, 1.54) is 10.4 Å². The van der Waals surface area contributed by atoms with Crippen molar-refractivity contribution in [2.45, 2.75) is 13.8 Å². The maximum absolute atomic E-state index is 4.38. The summed E-state index contributed by atoms with van der Waals surface area (Å²) < 4.78 is 0. The smallest absolute Gasteiger partial charge is 0.152 e. The van der Waals surface area contributed by atoms with Crippen molar-refractivity contribution in [3.8, 4) is 11.3 Å². The van der Waals surface area contributed by atoms with Crippen molar-refractivity contribution < 1.29 is 0 Å². The van der Waals surface area contributed by atoms with Crippen molar-refractivity contribution >= 4 is 17.2 Å². The van der Waals surface area contributed by atoms with Crippen LogP contribution in [0.4, 0.5) is 5.82 Å². The van der Waals surface area contributed by atoms with Gasteiger partial charge >= 0.3 is 0 Å². The second-order valence-corrected chi connectivity index (χ2v) is 4.29. The lowest BCUT2D eigenvalue weighted by atomic mass is 10.2. The zero-order valence-electron chi connectivity index (χ0n) is 8.82. The minimum Gasteiger partial charge on any atom is -0.369 e. The van der Waals surface area contributed by atoms with E-state index in [0.717, 1.165) is 18.1 Å². The Hall–Kier alpha value is -1.42. The Bertz CT molecular complexity index is 451. The lowest BCUT2D eigenvalue weighted by Crippen LogP contribution is -2.02. The summed E-state index contributed by atoms with van der Waals surface area (Å²) in [5.74, 6) is 0.863. The van der Waals surface area contributed by atoms with Gasteiger partial charge in [-0.05, 0) is 25.3 Å². The third-order valence-electron chi connectivity index (χ3n) is 2.16. The molecule has 0 aromatic carbocycles. The van der Waals surface area contributed by atoms with Crippen LogP contribution in [0, 0.1) is 6.92 Å². The maximum atomic E-state index is 4.38. The fraction of sp³-hybridized carbons (Fsp3) is 0.273. The second-order valence-electron chi connectivity index (χ2n) is 3.17. The first-order chi connectivity index (χ1) is 7.33. The largest absolute Gasteiger partial charge is 0.369 e. The van der Waals surface area contributed by atoms with Crippen LogP contribution in [0.2, 0.25) is 0 Å². The van der Waals surface area contributed by atoms with Crippen molar-refractivity contribution in [3.05, 3.63) is 28.7 Å². The standard InChI is InChI=1S/C11H13N3S/c1-3-12-11-10(13-5-6-14-11)9-4-7-15-8(9)2/h4-7H,3H2,1-2H3,(H,12,14). The molecule has 2 heterocycles. The van der Waals surface area contributed by atoms with Gasteiger partial charge in [0, 0.05) is 29.4 Å². The third-order valence-corrected chi connectivity index (χ3v) is 3.00.